The predicted octanol–water partition coefficient (Wildman–Crippen LogP) is 1.50. The number of nitrogens with two attached hydrogens (primary N) is 1. The Morgan fingerprint density at radius 2 is 2.07 bits per heavy atom. The number of amides is 1. The number of phenolic OH excluding ortho intramolecular Hbond substituents is 1. The zero-order chi connectivity index (χ0) is 11.7. The van der Waals surface area contributed by atoms with Crippen molar-refractivity contribution in [1.82, 2.24) is 0 Å². The van der Waals surface area contributed by atoms with Gasteiger partial charge in [0, 0.05) is 0 Å². The highest BCUT2D eigenvalue weighted by Crippen LogP contribution is 2.22. The summed E-state index contributed by atoms with van der Waals surface area (Å²) in [7, 11) is 1.52. The number of aromatic hydroxyl groups is 1. The van der Waals surface area contributed by atoms with Crippen molar-refractivity contribution in [3.63, 3.8) is 0 Å². The molecule has 5 nitrogen and oxygen atoms in total. The van der Waals surface area contributed by atoms with Gasteiger partial charge in [-0.05, 0) is 19.1 Å². The largest absolute Gasteiger partial charge is 0.504 e. The van der Waals surface area contributed by atoms with E-state index in [4.69, 9.17) is 9.84 Å². The highest BCUT2D eigenvalue weighted by molar-refractivity contribution is 5.64. The van der Waals surface area contributed by atoms with E-state index in [-0.39, 0.29) is 5.75 Å². The van der Waals surface area contributed by atoms with Gasteiger partial charge in [-0.25, -0.2) is 4.79 Å². The topological polar surface area (TPSA) is 81.8 Å². The van der Waals surface area contributed by atoms with Crippen molar-refractivity contribution < 1.29 is 19.4 Å². The molecule has 0 fully saturated rings. The molecule has 0 aromatic heterocycles. The second-order valence-electron chi connectivity index (χ2n) is 2.42. The van der Waals surface area contributed by atoms with Crippen molar-refractivity contribution in [3.8, 4) is 11.5 Å². The lowest BCUT2D eigenvalue weighted by atomic mass is 10.3. The first-order valence-electron chi connectivity index (χ1n) is 4.36. The standard InChI is InChI=1S/C7H8O2.C3H7NO2/c1-9-7-5-3-2-4-6(7)8;1-2-6-3(4)5/h2-5,8H,1H3;2H2,1H3,(H2,4,5). The van der Waals surface area contributed by atoms with Crippen LogP contribution in [0.15, 0.2) is 24.3 Å². The Bertz CT molecular complexity index is 301. The second kappa shape index (κ2) is 7.49. The van der Waals surface area contributed by atoms with E-state index in [9.17, 15) is 4.79 Å². The van der Waals surface area contributed by atoms with E-state index in [2.05, 4.69) is 10.5 Å². The molecule has 0 aliphatic carbocycles. The maximum absolute atomic E-state index is 9.60. The Labute approximate surface area is 88.4 Å². The van der Waals surface area contributed by atoms with Gasteiger partial charge >= 0.3 is 6.09 Å². The fourth-order valence-electron chi connectivity index (χ4n) is 0.772. The van der Waals surface area contributed by atoms with Crippen molar-refractivity contribution >= 4 is 6.09 Å². The summed E-state index contributed by atoms with van der Waals surface area (Å²) in [5.41, 5.74) is 4.54. The lowest BCUT2D eigenvalue weighted by Crippen LogP contribution is -2.11. The highest BCUT2D eigenvalue weighted by Gasteiger charge is 1.94. The maximum Gasteiger partial charge on any atom is 0.404 e. The Hall–Kier alpha value is -1.91. The number of carbonyl (C=O) groups is 1. The molecular formula is C10H15NO4. The summed E-state index contributed by atoms with van der Waals surface area (Å²) in [6.45, 7) is 2.06. The molecule has 0 atom stereocenters. The van der Waals surface area contributed by atoms with Gasteiger partial charge in [-0.15, -0.1) is 0 Å². The van der Waals surface area contributed by atoms with Crippen LogP contribution in [-0.2, 0) is 4.74 Å². The van der Waals surface area contributed by atoms with Gasteiger partial charge in [0.25, 0.3) is 0 Å². The third-order valence-corrected chi connectivity index (χ3v) is 1.37. The van der Waals surface area contributed by atoms with Gasteiger partial charge in [-0.3, -0.25) is 0 Å². The van der Waals surface area contributed by atoms with Gasteiger partial charge in [0.05, 0.1) is 13.7 Å². The minimum atomic E-state index is -0.711. The smallest absolute Gasteiger partial charge is 0.404 e. The molecule has 3 N–H and O–H groups in total. The zero-order valence-corrected chi connectivity index (χ0v) is 8.77. The summed E-state index contributed by atoms with van der Waals surface area (Å²) in [4.78, 5) is 9.60. The fraction of sp³-hybridized carbons (Fsp3) is 0.300. The van der Waals surface area contributed by atoms with Crippen LogP contribution >= 0.6 is 0 Å². The number of carbonyl (C=O) groups excluding carboxylic acids is 1. The molecule has 1 aromatic carbocycles. The van der Waals surface area contributed by atoms with Crippen LogP contribution in [0.4, 0.5) is 4.79 Å². The number of hydrogen-bond acceptors (Lipinski definition) is 4. The van der Waals surface area contributed by atoms with Crippen LogP contribution in [0, 0.1) is 0 Å². The molecule has 0 aliphatic heterocycles. The van der Waals surface area contributed by atoms with Crippen molar-refractivity contribution in [2.45, 2.75) is 6.92 Å². The second-order valence-corrected chi connectivity index (χ2v) is 2.42. The van der Waals surface area contributed by atoms with Crippen LogP contribution in [0.2, 0.25) is 0 Å². The molecule has 0 spiro atoms. The highest BCUT2D eigenvalue weighted by atomic mass is 16.5. The van der Waals surface area contributed by atoms with Crippen LogP contribution in [-0.4, -0.2) is 24.9 Å². The molecule has 0 heterocycles. The Morgan fingerprint density at radius 1 is 1.47 bits per heavy atom. The average molecular weight is 213 g/mol. The number of methoxy groups -OCH3 is 1. The molecule has 1 amide bonds. The SMILES string of the molecule is CCOC(N)=O.COc1ccccc1O. The van der Waals surface area contributed by atoms with Gasteiger partial charge in [0.15, 0.2) is 11.5 Å². The third-order valence-electron chi connectivity index (χ3n) is 1.37. The van der Waals surface area contributed by atoms with E-state index in [1.54, 1.807) is 31.2 Å². The number of benzene rings is 1. The number of hydrogen-bond donors (Lipinski definition) is 2. The van der Waals surface area contributed by atoms with Crippen LogP contribution < -0.4 is 10.5 Å². The molecule has 1 rings (SSSR count). The van der Waals surface area contributed by atoms with Crippen LogP contribution in [0.3, 0.4) is 0 Å². The monoisotopic (exact) mass is 213 g/mol. The predicted molar refractivity (Wildman–Crippen MR) is 55.9 cm³/mol. The summed E-state index contributed by atoms with van der Waals surface area (Å²) in [5, 5.41) is 8.99. The lowest BCUT2D eigenvalue weighted by molar-refractivity contribution is 0.163. The molecular weight excluding hydrogens is 198 g/mol. The van der Waals surface area contributed by atoms with E-state index in [0.717, 1.165) is 0 Å². The molecule has 0 radical (unpaired) electrons. The van der Waals surface area contributed by atoms with Crippen LogP contribution in [0.1, 0.15) is 6.92 Å². The first kappa shape index (κ1) is 13.1. The van der Waals surface area contributed by atoms with Gasteiger partial charge in [-0.1, -0.05) is 12.1 Å². The van der Waals surface area contributed by atoms with Gasteiger partial charge in [0.1, 0.15) is 0 Å². The van der Waals surface area contributed by atoms with Gasteiger partial charge < -0.3 is 20.3 Å². The molecule has 0 saturated carbocycles. The quantitative estimate of drug-likeness (QED) is 0.780. The van der Waals surface area contributed by atoms with Gasteiger partial charge in [0.2, 0.25) is 0 Å². The number of primary amides is 1. The van der Waals surface area contributed by atoms with Crippen LogP contribution in [0.25, 0.3) is 0 Å². The van der Waals surface area contributed by atoms with E-state index < -0.39 is 6.09 Å². The average Bonchev–Trinajstić information content (AvgIpc) is 2.19. The molecule has 0 unspecified atom stereocenters. The minimum Gasteiger partial charge on any atom is -0.504 e. The summed E-state index contributed by atoms with van der Waals surface area (Å²) in [6.07, 6.45) is -0.711. The van der Waals surface area contributed by atoms with E-state index in [1.165, 1.54) is 7.11 Å². The Balaban J connectivity index is 0.000000288. The fourth-order valence-corrected chi connectivity index (χ4v) is 0.772. The lowest BCUT2D eigenvalue weighted by Gasteiger charge is -1.99. The number of rotatable bonds is 2. The molecule has 0 aliphatic rings. The van der Waals surface area contributed by atoms with Crippen molar-refractivity contribution in [3.05, 3.63) is 24.3 Å². The normalized spacial score (nSPS) is 8.40. The number of para-hydroxylation sites is 2. The zero-order valence-electron chi connectivity index (χ0n) is 8.77. The summed E-state index contributed by atoms with van der Waals surface area (Å²) in [5.74, 6) is 0.692. The summed E-state index contributed by atoms with van der Waals surface area (Å²) < 4.78 is 8.98. The maximum atomic E-state index is 9.60. The summed E-state index contributed by atoms with van der Waals surface area (Å²) >= 11 is 0. The number of ether oxygens (including phenoxy) is 2. The molecule has 1 aromatic rings. The molecule has 0 bridgehead atoms. The molecule has 15 heavy (non-hydrogen) atoms. The first-order valence-corrected chi connectivity index (χ1v) is 4.36. The third kappa shape index (κ3) is 6.20. The van der Waals surface area contributed by atoms with Crippen molar-refractivity contribution in [2.24, 2.45) is 5.73 Å². The first-order chi connectivity index (χ1) is 7.11. The summed E-state index contributed by atoms with van der Waals surface area (Å²) in [6, 6.07) is 6.84. The number of phenols is 1. The van der Waals surface area contributed by atoms with E-state index in [1.807, 2.05) is 0 Å². The van der Waals surface area contributed by atoms with E-state index >= 15 is 0 Å². The van der Waals surface area contributed by atoms with Gasteiger partial charge in [-0.2, -0.15) is 0 Å². The van der Waals surface area contributed by atoms with Crippen molar-refractivity contribution in [1.29, 1.82) is 0 Å². The van der Waals surface area contributed by atoms with Crippen molar-refractivity contribution in [2.75, 3.05) is 13.7 Å². The minimum absolute atomic E-state index is 0.181. The van der Waals surface area contributed by atoms with E-state index in [0.29, 0.717) is 12.4 Å². The molecule has 5 heteroatoms. The molecule has 84 valence electrons. The Morgan fingerprint density at radius 3 is 2.33 bits per heavy atom. The Kier molecular flexibility index (Phi) is 6.54. The molecule has 0 saturated heterocycles. The van der Waals surface area contributed by atoms with Crippen LogP contribution in [0.5, 0.6) is 11.5 Å².